The maximum absolute atomic E-state index is 11.4. The van der Waals surface area contributed by atoms with Crippen molar-refractivity contribution in [3.8, 4) is 0 Å². The van der Waals surface area contributed by atoms with Crippen LogP contribution in [0.2, 0.25) is 5.02 Å². The number of fused-ring (bicyclic) bond motifs is 1. The van der Waals surface area contributed by atoms with Crippen LogP contribution in [-0.4, -0.2) is 15.3 Å². The van der Waals surface area contributed by atoms with Crippen molar-refractivity contribution in [3.05, 3.63) is 29.0 Å². The van der Waals surface area contributed by atoms with Gasteiger partial charge >= 0.3 is 0 Å². The Hall–Kier alpha value is -1.35. The average molecular weight is 223 g/mol. The minimum atomic E-state index is -0.0239. The molecule has 2 aromatic rings. The fourth-order valence-corrected chi connectivity index (χ4v) is 1.85. The Bertz CT molecular complexity index is 531. The SMILES string of the molecule is CCn1c(C(C)=O)nc2ccc(Cl)cc21. The van der Waals surface area contributed by atoms with E-state index in [2.05, 4.69) is 4.98 Å². The first-order valence-electron chi connectivity index (χ1n) is 4.80. The van der Waals surface area contributed by atoms with Gasteiger partial charge in [0.1, 0.15) is 0 Å². The normalized spacial score (nSPS) is 10.9. The summed E-state index contributed by atoms with van der Waals surface area (Å²) in [6.45, 7) is 4.22. The van der Waals surface area contributed by atoms with Gasteiger partial charge in [0.05, 0.1) is 11.0 Å². The summed E-state index contributed by atoms with van der Waals surface area (Å²) in [6, 6.07) is 5.44. The number of Topliss-reactive ketones (excluding diaryl/α,β-unsaturated/α-hetero) is 1. The largest absolute Gasteiger partial charge is 0.322 e. The number of carbonyl (C=O) groups is 1. The lowest BCUT2D eigenvalue weighted by Crippen LogP contribution is -2.05. The van der Waals surface area contributed by atoms with E-state index in [0.717, 1.165) is 11.0 Å². The Morgan fingerprint density at radius 3 is 2.87 bits per heavy atom. The van der Waals surface area contributed by atoms with Crippen molar-refractivity contribution in [2.45, 2.75) is 20.4 Å². The molecule has 0 spiro atoms. The molecule has 0 fully saturated rings. The van der Waals surface area contributed by atoms with Gasteiger partial charge in [0.15, 0.2) is 11.6 Å². The highest BCUT2D eigenvalue weighted by molar-refractivity contribution is 6.31. The third kappa shape index (κ3) is 1.63. The standard InChI is InChI=1S/C11H11ClN2O/c1-3-14-10-6-8(12)4-5-9(10)13-11(14)7(2)15/h4-6H,3H2,1-2H3. The first-order chi connectivity index (χ1) is 7.13. The predicted octanol–water partition coefficient (Wildman–Crippen LogP) is 2.91. The molecule has 1 aromatic heterocycles. The van der Waals surface area contributed by atoms with Gasteiger partial charge in [0, 0.05) is 18.5 Å². The van der Waals surface area contributed by atoms with E-state index in [4.69, 9.17) is 11.6 Å². The summed E-state index contributed by atoms with van der Waals surface area (Å²) in [6.07, 6.45) is 0. The Balaban J connectivity index is 2.79. The average Bonchev–Trinajstić information content (AvgIpc) is 2.55. The van der Waals surface area contributed by atoms with Crippen LogP contribution in [0.25, 0.3) is 11.0 Å². The van der Waals surface area contributed by atoms with Crippen LogP contribution < -0.4 is 0 Å². The number of benzene rings is 1. The predicted molar refractivity (Wildman–Crippen MR) is 60.4 cm³/mol. The summed E-state index contributed by atoms with van der Waals surface area (Å²) < 4.78 is 1.88. The van der Waals surface area contributed by atoms with Crippen molar-refractivity contribution in [3.63, 3.8) is 0 Å². The molecule has 0 unspecified atom stereocenters. The monoisotopic (exact) mass is 222 g/mol. The van der Waals surface area contributed by atoms with Crippen molar-refractivity contribution < 1.29 is 4.79 Å². The summed E-state index contributed by atoms with van der Waals surface area (Å²) >= 11 is 5.91. The van der Waals surface area contributed by atoms with Crippen LogP contribution in [0, 0.1) is 0 Å². The third-order valence-electron chi connectivity index (χ3n) is 2.34. The molecule has 0 saturated carbocycles. The maximum atomic E-state index is 11.4. The molecule has 3 nitrogen and oxygen atoms in total. The van der Waals surface area contributed by atoms with E-state index >= 15 is 0 Å². The van der Waals surface area contributed by atoms with Gasteiger partial charge in [-0.3, -0.25) is 4.79 Å². The smallest absolute Gasteiger partial charge is 0.195 e. The molecule has 1 aromatic carbocycles. The summed E-state index contributed by atoms with van der Waals surface area (Å²) in [4.78, 5) is 15.6. The summed E-state index contributed by atoms with van der Waals surface area (Å²) in [7, 11) is 0. The molecule has 4 heteroatoms. The van der Waals surface area contributed by atoms with Gasteiger partial charge < -0.3 is 4.57 Å². The van der Waals surface area contributed by atoms with E-state index < -0.39 is 0 Å². The number of hydrogen-bond acceptors (Lipinski definition) is 2. The fourth-order valence-electron chi connectivity index (χ4n) is 1.68. The second kappa shape index (κ2) is 3.66. The minimum absolute atomic E-state index is 0.0239. The molecule has 0 bridgehead atoms. The van der Waals surface area contributed by atoms with Gasteiger partial charge in [-0.2, -0.15) is 0 Å². The van der Waals surface area contributed by atoms with Crippen LogP contribution in [0.4, 0.5) is 0 Å². The van der Waals surface area contributed by atoms with E-state index in [-0.39, 0.29) is 5.78 Å². The van der Waals surface area contributed by atoms with E-state index in [1.807, 2.05) is 23.6 Å². The number of nitrogens with zero attached hydrogens (tertiary/aromatic N) is 2. The summed E-state index contributed by atoms with van der Waals surface area (Å²) in [5, 5.41) is 0.659. The molecule has 0 saturated heterocycles. The van der Waals surface area contributed by atoms with Gasteiger partial charge in [0.25, 0.3) is 0 Å². The molecule has 0 aliphatic carbocycles. The van der Waals surface area contributed by atoms with Crippen molar-refractivity contribution in [1.82, 2.24) is 9.55 Å². The number of ketones is 1. The number of hydrogen-bond donors (Lipinski definition) is 0. The molecular formula is C11H11ClN2O. The molecule has 0 aliphatic heterocycles. The molecule has 0 radical (unpaired) electrons. The topological polar surface area (TPSA) is 34.9 Å². The lowest BCUT2D eigenvalue weighted by Gasteiger charge is -2.02. The Morgan fingerprint density at radius 2 is 2.27 bits per heavy atom. The van der Waals surface area contributed by atoms with Gasteiger partial charge in [-0.25, -0.2) is 4.98 Å². The van der Waals surface area contributed by atoms with Crippen LogP contribution in [0.3, 0.4) is 0 Å². The van der Waals surface area contributed by atoms with Gasteiger partial charge in [-0.05, 0) is 25.1 Å². The number of aromatic nitrogens is 2. The first-order valence-corrected chi connectivity index (χ1v) is 5.18. The van der Waals surface area contributed by atoms with E-state index in [9.17, 15) is 4.79 Å². The highest BCUT2D eigenvalue weighted by atomic mass is 35.5. The van der Waals surface area contributed by atoms with Gasteiger partial charge in [0.2, 0.25) is 0 Å². The van der Waals surface area contributed by atoms with E-state index in [0.29, 0.717) is 17.4 Å². The molecule has 0 atom stereocenters. The Morgan fingerprint density at radius 1 is 1.53 bits per heavy atom. The lowest BCUT2D eigenvalue weighted by atomic mass is 10.3. The second-order valence-electron chi connectivity index (χ2n) is 3.37. The zero-order valence-electron chi connectivity index (χ0n) is 8.62. The number of rotatable bonds is 2. The van der Waals surface area contributed by atoms with E-state index in [1.54, 1.807) is 6.07 Å². The third-order valence-corrected chi connectivity index (χ3v) is 2.58. The summed E-state index contributed by atoms with van der Waals surface area (Å²) in [5.41, 5.74) is 1.72. The molecule has 1 heterocycles. The van der Waals surface area contributed by atoms with Gasteiger partial charge in [-0.1, -0.05) is 11.6 Å². The van der Waals surface area contributed by atoms with Crippen LogP contribution in [0.1, 0.15) is 24.5 Å². The minimum Gasteiger partial charge on any atom is -0.322 e. The van der Waals surface area contributed by atoms with Crippen molar-refractivity contribution in [2.75, 3.05) is 0 Å². The van der Waals surface area contributed by atoms with Crippen molar-refractivity contribution >= 4 is 28.4 Å². The highest BCUT2D eigenvalue weighted by Crippen LogP contribution is 2.20. The van der Waals surface area contributed by atoms with Crippen molar-refractivity contribution in [2.24, 2.45) is 0 Å². The molecule has 78 valence electrons. The van der Waals surface area contributed by atoms with E-state index in [1.165, 1.54) is 6.92 Å². The fraction of sp³-hybridized carbons (Fsp3) is 0.273. The molecular weight excluding hydrogens is 212 g/mol. The molecule has 0 N–H and O–H groups in total. The Labute approximate surface area is 92.7 Å². The number of imidazole rings is 1. The number of aryl methyl sites for hydroxylation is 1. The molecule has 2 rings (SSSR count). The Kier molecular flexibility index (Phi) is 2.49. The quantitative estimate of drug-likeness (QED) is 0.733. The number of carbonyl (C=O) groups excluding carboxylic acids is 1. The molecule has 0 amide bonds. The highest BCUT2D eigenvalue weighted by Gasteiger charge is 2.12. The first kappa shape index (κ1) is 10.2. The summed E-state index contributed by atoms with van der Waals surface area (Å²) in [5.74, 6) is 0.471. The molecule has 0 aliphatic rings. The van der Waals surface area contributed by atoms with Crippen LogP contribution >= 0.6 is 11.6 Å². The van der Waals surface area contributed by atoms with Crippen LogP contribution in [-0.2, 0) is 6.54 Å². The maximum Gasteiger partial charge on any atom is 0.195 e. The molecule has 15 heavy (non-hydrogen) atoms. The van der Waals surface area contributed by atoms with Crippen LogP contribution in [0.15, 0.2) is 18.2 Å². The zero-order chi connectivity index (χ0) is 11.0. The van der Waals surface area contributed by atoms with Crippen LogP contribution in [0.5, 0.6) is 0 Å². The van der Waals surface area contributed by atoms with Gasteiger partial charge in [-0.15, -0.1) is 0 Å². The second-order valence-corrected chi connectivity index (χ2v) is 3.81. The zero-order valence-corrected chi connectivity index (χ0v) is 9.38. The lowest BCUT2D eigenvalue weighted by molar-refractivity contribution is 0.1000. The van der Waals surface area contributed by atoms with Crippen molar-refractivity contribution in [1.29, 1.82) is 0 Å². The number of halogens is 1.